The molecule has 0 aliphatic carbocycles. The number of esters is 1. The van der Waals surface area contributed by atoms with Gasteiger partial charge in [-0.1, -0.05) is 0 Å². The molecule has 3 rings (SSSR count). The molecule has 0 fully saturated rings. The van der Waals surface area contributed by atoms with Gasteiger partial charge in [-0.2, -0.15) is 0 Å². The van der Waals surface area contributed by atoms with Crippen LogP contribution in [0.25, 0.3) is 0 Å². The highest BCUT2D eigenvalue weighted by Gasteiger charge is 2.26. The summed E-state index contributed by atoms with van der Waals surface area (Å²) in [5.41, 5.74) is 2.84. The molecule has 1 aliphatic rings. The minimum Gasteiger partial charge on any atom is -0.472 e. The van der Waals surface area contributed by atoms with Gasteiger partial charge in [0.2, 0.25) is 0 Å². The van der Waals surface area contributed by atoms with Gasteiger partial charge >= 0.3 is 5.97 Å². The molecule has 0 atom stereocenters. The van der Waals surface area contributed by atoms with E-state index in [0.717, 1.165) is 17.7 Å². The fourth-order valence-electron chi connectivity index (χ4n) is 2.40. The zero-order valence-corrected chi connectivity index (χ0v) is 11.0. The number of carbonyl (C=O) groups excluding carboxylic acids is 2. The molecule has 2 heterocycles. The monoisotopic (exact) mass is 271 g/mol. The third kappa shape index (κ3) is 1.97. The second-order valence-electron chi connectivity index (χ2n) is 4.55. The van der Waals surface area contributed by atoms with E-state index in [-0.39, 0.29) is 11.9 Å². The lowest BCUT2D eigenvalue weighted by atomic mass is 10.1. The van der Waals surface area contributed by atoms with Gasteiger partial charge in [0.15, 0.2) is 0 Å². The van der Waals surface area contributed by atoms with Crippen LogP contribution >= 0.6 is 0 Å². The number of nitrogens with zero attached hydrogens (tertiary/aromatic N) is 1. The van der Waals surface area contributed by atoms with E-state index >= 15 is 0 Å². The summed E-state index contributed by atoms with van der Waals surface area (Å²) in [4.78, 5) is 25.5. The van der Waals surface area contributed by atoms with Crippen LogP contribution in [0, 0.1) is 0 Å². The summed E-state index contributed by atoms with van der Waals surface area (Å²) in [7, 11) is 1.35. The number of amides is 1. The first-order valence-electron chi connectivity index (χ1n) is 6.26. The number of hydrogen-bond donors (Lipinski definition) is 0. The Kier molecular flexibility index (Phi) is 3.02. The highest BCUT2D eigenvalue weighted by atomic mass is 16.5. The second-order valence-corrected chi connectivity index (χ2v) is 4.55. The Hall–Kier alpha value is -2.56. The minimum atomic E-state index is -0.368. The zero-order valence-electron chi connectivity index (χ0n) is 11.0. The molecule has 2 aromatic rings. The van der Waals surface area contributed by atoms with Crippen LogP contribution in [0.2, 0.25) is 0 Å². The average molecular weight is 271 g/mol. The van der Waals surface area contributed by atoms with E-state index in [9.17, 15) is 9.59 Å². The Morgan fingerprint density at radius 2 is 2.10 bits per heavy atom. The van der Waals surface area contributed by atoms with Gasteiger partial charge in [0.1, 0.15) is 6.26 Å². The van der Waals surface area contributed by atoms with Crippen molar-refractivity contribution < 1.29 is 18.7 Å². The Morgan fingerprint density at radius 1 is 1.25 bits per heavy atom. The molecule has 5 nitrogen and oxygen atoms in total. The van der Waals surface area contributed by atoms with Crippen molar-refractivity contribution in [3.05, 3.63) is 53.5 Å². The van der Waals surface area contributed by atoms with Crippen LogP contribution in [0.1, 0.15) is 26.3 Å². The van der Waals surface area contributed by atoms with E-state index < -0.39 is 0 Å². The number of fused-ring (bicyclic) bond motifs is 1. The van der Waals surface area contributed by atoms with E-state index in [1.807, 2.05) is 0 Å². The van der Waals surface area contributed by atoms with Crippen molar-refractivity contribution in [1.29, 1.82) is 0 Å². The summed E-state index contributed by atoms with van der Waals surface area (Å²) in [6.07, 6.45) is 3.64. The van der Waals surface area contributed by atoms with E-state index in [1.54, 1.807) is 29.2 Å². The van der Waals surface area contributed by atoms with Crippen molar-refractivity contribution in [2.45, 2.75) is 6.42 Å². The maximum absolute atomic E-state index is 12.3. The van der Waals surface area contributed by atoms with Crippen molar-refractivity contribution in [2.24, 2.45) is 0 Å². The molecule has 5 heteroatoms. The van der Waals surface area contributed by atoms with Gasteiger partial charge in [0.05, 0.1) is 24.5 Å². The molecule has 1 aliphatic heterocycles. The van der Waals surface area contributed by atoms with Crippen LogP contribution in [0.3, 0.4) is 0 Å². The Labute approximate surface area is 115 Å². The van der Waals surface area contributed by atoms with Gasteiger partial charge in [-0.3, -0.25) is 4.79 Å². The molecule has 1 aromatic heterocycles. The van der Waals surface area contributed by atoms with Gasteiger partial charge in [-0.05, 0) is 36.2 Å². The number of furan rings is 1. The number of benzene rings is 1. The molecule has 0 saturated heterocycles. The van der Waals surface area contributed by atoms with Crippen molar-refractivity contribution in [3.8, 4) is 0 Å². The first kappa shape index (κ1) is 12.5. The van der Waals surface area contributed by atoms with E-state index in [1.165, 1.54) is 19.6 Å². The molecule has 0 unspecified atom stereocenters. The third-order valence-corrected chi connectivity index (χ3v) is 3.41. The molecule has 20 heavy (non-hydrogen) atoms. The fourth-order valence-corrected chi connectivity index (χ4v) is 2.40. The molecular weight excluding hydrogens is 258 g/mol. The largest absolute Gasteiger partial charge is 0.472 e. The number of anilines is 1. The first-order valence-corrected chi connectivity index (χ1v) is 6.26. The maximum atomic E-state index is 12.3. The normalized spacial score (nSPS) is 13.2. The summed E-state index contributed by atoms with van der Waals surface area (Å²) >= 11 is 0. The van der Waals surface area contributed by atoms with Crippen LogP contribution in [-0.4, -0.2) is 25.5 Å². The van der Waals surface area contributed by atoms with Crippen molar-refractivity contribution in [1.82, 2.24) is 0 Å². The molecule has 0 bridgehead atoms. The van der Waals surface area contributed by atoms with Crippen LogP contribution in [0.5, 0.6) is 0 Å². The van der Waals surface area contributed by atoms with E-state index in [4.69, 9.17) is 9.15 Å². The smallest absolute Gasteiger partial charge is 0.337 e. The van der Waals surface area contributed by atoms with Gasteiger partial charge in [0.25, 0.3) is 5.91 Å². The SMILES string of the molecule is COC(=O)c1ccc2c(c1)CCN2C(=O)c1ccoc1. The lowest BCUT2D eigenvalue weighted by Crippen LogP contribution is -2.28. The van der Waals surface area contributed by atoms with Crippen LogP contribution in [-0.2, 0) is 11.2 Å². The fraction of sp³-hybridized carbons (Fsp3) is 0.200. The molecule has 0 saturated carbocycles. The van der Waals surface area contributed by atoms with Gasteiger partial charge in [-0.15, -0.1) is 0 Å². The summed E-state index contributed by atoms with van der Waals surface area (Å²) < 4.78 is 9.64. The summed E-state index contributed by atoms with van der Waals surface area (Å²) in [6.45, 7) is 0.601. The topological polar surface area (TPSA) is 59.8 Å². The van der Waals surface area contributed by atoms with Gasteiger partial charge in [-0.25, -0.2) is 4.79 Å². The molecule has 1 amide bonds. The summed E-state index contributed by atoms with van der Waals surface area (Å²) in [5.74, 6) is -0.462. The van der Waals surface area contributed by atoms with Crippen LogP contribution in [0.4, 0.5) is 5.69 Å². The quantitative estimate of drug-likeness (QED) is 0.786. The Morgan fingerprint density at radius 3 is 2.80 bits per heavy atom. The lowest BCUT2D eigenvalue weighted by molar-refractivity contribution is 0.0600. The molecular formula is C15H13NO4. The maximum Gasteiger partial charge on any atom is 0.337 e. The number of methoxy groups -OCH3 is 1. The molecule has 1 aromatic carbocycles. The minimum absolute atomic E-state index is 0.0941. The molecule has 0 radical (unpaired) electrons. The van der Waals surface area contributed by atoms with Crippen molar-refractivity contribution in [2.75, 3.05) is 18.6 Å². The predicted molar refractivity (Wildman–Crippen MR) is 71.9 cm³/mol. The summed E-state index contributed by atoms with van der Waals surface area (Å²) in [6, 6.07) is 6.88. The molecule has 0 N–H and O–H groups in total. The van der Waals surface area contributed by atoms with Crippen LogP contribution < -0.4 is 4.90 Å². The Bertz CT molecular complexity index is 661. The number of hydrogen-bond acceptors (Lipinski definition) is 4. The zero-order chi connectivity index (χ0) is 14.1. The average Bonchev–Trinajstić information content (AvgIpc) is 3.14. The lowest BCUT2D eigenvalue weighted by Gasteiger charge is -2.16. The number of ether oxygens (including phenoxy) is 1. The highest BCUT2D eigenvalue weighted by Crippen LogP contribution is 2.30. The molecule has 0 spiro atoms. The summed E-state index contributed by atoms with van der Waals surface area (Å²) in [5, 5.41) is 0. The van der Waals surface area contributed by atoms with Gasteiger partial charge < -0.3 is 14.1 Å². The van der Waals surface area contributed by atoms with Crippen LogP contribution in [0.15, 0.2) is 41.2 Å². The molecule has 102 valence electrons. The van der Waals surface area contributed by atoms with E-state index in [0.29, 0.717) is 17.7 Å². The standard InChI is InChI=1S/C15H13NO4/c1-19-15(18)11-2-3-13-10(8-11)4-6-16(13)14(17)12-5-7-20-9-12/h2-3,5,7-9H,4,6H2,1H3. The Balaban J connectivity index is 1.91. The second kappa shape index (κ2) is 4.85. The number of rotatable bonds is 2. The number of carbonyl (C=O) groups is 2. The highest BCUT2D eigenvalue weighted by molar-refractivity contribution is 6.07. The first-order chi connectivity index (χ1) is 9.70. The van der Waals surface area contributed by atoms with Crippen molar-refractivity contribution >= 4 is 17.6 Å². The van der Waals surface area contributed by atoms with E-state index in [2.05, 4.69) is 0 Å². The van der Waals surface area contributed by atoms with Crippen molar-refractivity contribution in [3.63, 3.8) is 0 Å². The third-order valence-electron chi connectivity index (χ3n) is 3.41. The van der Waals surface area contributed by atoms with Gasteiger partial charge in [0, 0.05) is 12.2 Å². The predicted octanol–water partition coefficient (Wildman–Crippen LogP) is 2.27.